The number of aliphatic hydroxyl groups excluding tert-OH is 1. The Hall–Kier alpha value is -3.32. The fraction of sp³-hybridized carbons (Fsp3) is 0.333. The lowest BCUT2D eigenvalue weighted by Gasteiger charge is -2.25. The molecule has 0 spiro atoms. The Balaban J connectivity index is 2.21. The monoisotopic (exact) mass is 425 g/mol. The number of nitrogens with zero attached hydrogens (tertiary/aromatic N) is 1. The number of methoxy groups -OCH3 is 3. The molecule has 0 bridgehead atoms. The van der Waals surface area contributed by atoms with Gasteiger partial charge in [0.2, 0.25) is 0 Å². The molecule has 1 amide bonds. The molecule has 2 aromatic carbocycles. The lowest BCUT2D eigenvalue weighted by Crippen LogP contribution is -2.32. The number of amides is 1. The lowest BCUT2D eigenvalue weighted by atomic mass is 9.94. The van der Waals surface area contributed by atoms with Crippen molar-refractivity contribution in [3.8, 4) is 11.5 Å². The molecule has 7 heteroatoms. The van der Waals surface area contributed by atoms with E-state index in [0.29, 0.717) is 22.6 Å². The smallest absolute Gasteiger partial charge is 0.295 e. The zero-order valence-electron chi connectivity index (χ0n) is 18.4. The number of ether oxygens (including phenoxy) is 3. The Morgan fingerprint density at radius 1 is 0.968 bits per heavy atom. The third-order valence-electron chi connectivity index (χ3n) is 5.58. The SMILES string of the molecule is COCCN1C(=O)C(=O)/C(=C(\O)c2ccc(C)c(C)c2)C1c1ccc(OC)c(OC)c1. The standard InChI is InChI=1S/C24H27NO6/c1-14-6-7-17(12-15(14)2)22(26)20-21(25(10-11-29-3)24(28)23(20)27)16-8-9-18(30-4)19(13-16)31-5/h6-9,12-13,21,26H,10-11H2,1-5H3/b22-20-. The number of aliphatic hydroxyl groups is 1. The summed E-state index contributed by atoms with van der Waals surface area (Å²) in [5.41, 5.74) is 3.18. The molecule has 31 heavy (non-hydrogen) atoms. The molecule has 164 valence electrons. The maximum absolute atomic E-state index is 13.0. The summed E-state index contributed by atoms with van der Waals surface area (Å²) in [5, 5.41) is 11.1. The van der Waals surface area contributed by atoms with E-state index in [2.05, 4.69) is 0 Å². The van der Waals surface area contributed by atoms with Crippen LogP contribution in [0, 0.1) is 13.8 Å². The highest BCUT2D eigenvalue weighted by atomic mass is 16.5. The molecular weight excluding hydrogens is 398 g/mol. The Kier molecular flexibility index (Phi) is 6.65. The summed E-state index contributed by atoms with van der Waals surface area (Å²) in [6, 6.07) is 9.81. The number of hydrogen-bond acceptors (Lipinski definition) is 6. The summed E-state index contributed by atoms with van der Waals surface area (Å²) in [6.45, 7) is 4.34. The van der Waals surface area contributed by atoms with Gasteiger partial charge in [-0.2, -0.15) is 0 Å². The van der Waals surface area contributed by atoms with Gasteiger partial charge >= 0.3 is 0 Å². The molecule has 1 heterocycles. The van der Waals surface area contributed by atoms with Gasteiger partial charge in [-0.3, -0.25) is 9.59 Å². The summed E-state index contributed by atoms with van der Waals surface area (Å²) in [6.07, 6.45) is 0. The van der Waals surface area contributed by atoms with E-state index in [1.807, 2.05) is 19.9 Å². The number of likely N-dealkylation sites (tertiary alicyclic amines) is 1. The first-order valence-corrected chi connectivity index (χ1v) is 9.90. The van der Waals surface area contributed by atoms with Crippen molar-refractivity contribution in [2.75, 3.05) is 34.5 Å². The minimum absolute atomic E-state index is 0.0385. The van der Waals surface area contributed by atoms with Crippen LogP contribution < -0.4 is 9.47 Å². The summed E-state index contributed by atoms with van der Waals surface area (Å²) in [4.78, 5) is 27.3. The van der Waals surface area contributed by atoms with E-state index in [4.69, 9.17) is 14.2 Å². The Bertz CT molecular complexity index is 1040. The molecule has 1 atom stereocenters. The largest absolute Gasteiger partial charge is 0.507 e. The van der Waals surface area contributed by atoms with Crippen molar-refractivity contribution >= 4 is 17.4 Å². The van der Waals surface area contributed by atoms with Crippen molar-refractivity contribution in [3.05, 3.63) is 64.2 Å². The van der Waals surface area contributed by atoms with Crippen LogP contribution in [0.15, 0.2) is 42.0 Å². The highest BCUT2D eigenvalue weighted by Crippen LogP contribution is 2.41. The zero-order chi connectivity index (χ0) is 22.7. The first-order valence-electron chi connectivity index (χ1n) is 9.90. The summed E-state index contributed by atoms with van der Waals surface area (Å²) >= 11 is 0. The average Bonchev–Trinajstić information content (AvgIpc) is 3.03. The van der Waals surface area contributed by atoms with E-state index in [1.54, 1.807) is 30.3 Å². The van der Waals surface area contributed by atoms with Gasteiger partial charge in [-0.05, 0) is 48.7 Å². The van der Waals surface area contributed by atoms with Crippen LogP contribution >= 0.6 is 0 Å². The van der Waals surface area contributed by atoms with E-state index in [0.717, 1.165) is 11.1 Å². The molecule has 1 N–H and O–H groups in total. The maximum Gasteiger partial charge on any atom is 0.295 e. The van der Waals surface area contributed by atoms with E-state index >= 15 is 0 Å². The molecule has 2 aromatic rings. The van der Waals surface area contributed by atoms with Crippen LogP contribution in [0.5, 0.6) is 11.5 Å². The summed E-state index contributed by atoms with van der Waals surface area (Å²) in [7, 11) is 4.57. The van der Waals surface area contributed by atoms with Crippen molar-refractivity contribution in [1.82, 2.24) is 4.90 Å². The molecule has 1 saturated heterocycles. The van der Waals surface area contributed by atoms with Crippen LogP contribution in [0.1, 0.15) is 28.3 Å². The Morgan fingerprint density at radius 2 is 1.68 bits per heavy atom. The van der Waals surface area contributed by atoms with E-state index in [9.17, 15) is 14.7 Å². The van der Waals surface area contributed by atoms with Crippen LogP contribution in [0.25, 0.3) is 5.76 Å². The highest BCUT2D eigenvalue weighted by Gasteiger charge is 2.46. The number of carbonyl (C=O) groups excluding carboxylic acids is 2. The fourth-order valence-electron chi connectivity index (χ4n) is 3.71. The number of hydrogen-bond donors (Lipinski definition) is 1. The number of ketones is 1. The molecule has 1 aliphatic heterocycles. The number of aryl methyl sites for hydroxylation is 2. The molecule has 3 rings (SSSR count). The van der Waals surface area contributed by atoms with Gasteiger partial charge in [0.15, 0.2) is 11.5 Å². The van der Waals surface area contributed by atoms with Gasteiger partial charge in [0.1, 0.15) is 5.76 Å². The Morgan fingerprint density at radius 3 is 2.29 bits per heavy atom. The number of benzene rings is 2. The summed E-state index contributed by atoms with van der Waals surface area (Å²) in [5.74, 6) is -0.632. The second-order valence-electron chi connectivity index (χ2n) is 7.40. The molecule has 1 unspecified atom stereocenters. The van der Waals surface area contributed by atoms with Gasteiger partial charge in [-0.1, -0.05) is 18.2 Å². The van der Waals surface area contributed by atoms with Gasteiger partial charge < -0.3 is 24.2 Å². The van der Waals surface area contributed by atoms with Crippen molar-refractivity contribution in [2.45, 2.75) is 19.9 Å². The fourth-order valence-corrected chi connectivity index (χ4v) is 3.71. The molecule has 0 radical (unpaired) electrons. The van der Waals surface area contributed by atoms with Gasteiger partial charge in [-0.15, -0.1) is 0 Å². The van der Waals surface area contributed by atoms with Crippen LogP contribution in [0.4, 0.5) is 0 Å². The van der Waals surface area contributed by atoms with Gasteiger partial charge in [0.05, 0.1) is 32.4 Å². The maximum atomic E-state index is 13.0. The van der Waals surface area contributed by atoms with Gasteiger partial charge in [0, 0.05) is 19.2 Å². The molecule has 0 aliphatic carbocycles. The molecular formula is C24H27NO6. The second kappa shape index (κ2) is 9.22. The molecule has 0 aromatic heterocycles. The molecule has 0 saturated carbocycles. The quantitative estimate of drug-likeness (QED) is 0.416. The zero-order valence-corrected chi connectivity index (χ0v) is 18.4. The first-order chi connectivity index (χ1) is 14.8. The summed E-state index contributed by atoms with van der Waals surface area (Å²) < 4.78 is 15.8. The van der Waals surface area contributed by atoms with Crippen molar-refractivity contribution in [3.63, 3.8) is 0 Å². The predicted molar refractivity (Wildman–Crippen MR) is 116 cm³/mol. The third kappa shape index (κ3) is 4.14. The van der Waals surface area contributed by atoms with E-state index in [1.165, 1.54) is 26.2 Å². The van der Waals surface area contributed by atoms with Gasteiger partial charge in [-0.25, -0.2) is 0 Å². The van der Waals surface area contributed by atoms with Crippen molar-refractivity contribution in [2.24, 2.45) is 0 Å². The molecule has 1 fully saturated rings. The first kappa shape index (κ1) is 22.4. The number of carbonyl (C=O) groups is 2. The number of rotatable bonds is 7. The van der Waals surface area contributed by atoms with E-state index < -0.39 is 17.7 Å². The lowest BCUT2D eigenvalue weighted by molar-refractivity contribution is -0.140. The minimum Gasteiger partial charge on any atom is -0.507 e. The third-order valence-corrected chi connectivity index (χ3v) is 5.58. The Labute approximate surface area is 181 Å². The van der Waals surface area contributed by atoms with Crippen LogP contribution in [0.3, 0.4) is 0 Å². The number of Topliss-reactive ketones (excluding diaryl/α,β-unsaturated/α-hetero) is 1. The van der Waals surface area contributed by atoms with Crippen LogP contribution in [-0.2, 0) is 14.3 Å². The molecule has 7 nitrogen and oxygen atoms in total. The van der Waals surface area contributed by atoms with Crippen molar-refractivity contribution < 1.29 is 28.9 Å². The topological polar surface area (TPSA) is 85.3 Å². The predicted octanol–water partition coefficient (Wildman–Crippen LogP) is 3.39. The van der Waals surface area contributed by atoms with Gasteiger partial charge in [0.25, 0.3) is 11.7 Å². The van der Waals surface area contributed by atoms with Crippen molar-refractivity contribution in [1.29, 1.82) is 0 Å². The van der Waals surface area contributed by atoms with Crippen LogP contribution in [0.2, 0.25) is 0 Å². The normalized spacial score (nSPS) is 17.8. The molecule has 1 aliphatic rings. The minimum atomic E-state index is -0.781. The van der Waals surface area contributed by atoms with Crippen LogP contribution in [-0.4, -0.2) is 56.2 Å². The second-order valence-corrected chi connectivity index (χ2v) is 7.40. The average molecular weight is 425 g/mol. The highest BCUT2D eigenvalue weighted by molar-refractivity contribution is 6.46. The van der Waals surface area contributed by atoms with E-state index in [-0.39, 0.29) is 24.5 Å².